The first-order valence-corrected chi connectivity index (χ1v) is 35.5. The fourth-order valence-corrected chi connectivity index (χ4v) is 16.0. The molecule has 14 rings (SSSR count). The summed E-state index contributed by atoms with van der Waals surface area (Å²) in [5.41, 5.74) is 0.981. The van der Waals surface area contributed by atoms with Crippen LogP contribution in [0.25, 0.3) is 0 Å². The minimum absolute atomic E-state index is 0.0108. The first-order chi connectivity index (χ1) is 50.6. The molecule has 580 valence electrons. The second-order valence-electron chi connectivity index (χ2n) is 25.2. The number of hydrogen-bond acceptors (Lipinski definition) is 18. The summed E-state index contributed by atoms with van der Waals surface area (Å²) in [6.07, 6.45) is -6.37. The van der Waals surface area contributed by atoms with Crippen LogP contribution in [0.15, 0.2) is 108 Å². The van der Waals surface area contributed by atoms with Crippen LogP contribution >= 0.6 is 78.3 Å². The van der Waals surface area contributed by atoms with E-state index in [-0.39, 0.29) is 126 Å². The lowest BCUT2D eigenvalue weighted by Crippen LogP contribution is -2.58. The van der Waals surface area contributed by atoms with Gasteiger partial charge in [0.1, 0.15) is 99.3 Å². The molecule has 0 radical (unpaired) electrons. The summed E-state index contributed by atoms with van der Waals surface area (Å²) in [4.78, 5) is 133. The number of aromatic amines is 1. The summed E-state index contributed by atoms with van der Waals surface area (Å²) in [6.45, 7) is 0. The van der Waals surface area contributed by atoms with Crippen molar-refractivity contribution in [1.29, 1.82) is 0 Å². The van der Waals surface area contributed by atoms with Crippen molar-refractivity contribution in [2.24, 2.45) is 29.4 Å². The lowest BCUT2D eigenvalue weighted by Gasteiger charge is -2.43. The molecule has 0 bridgehead atoms. The molecule has 7 aromatic heterocycles. The number of nitrogens with one attached hydrogen (secondary N) is 6. The molecule has 7 unspecified atom stereocenters. The number of nitrogens with two attached hydrogens (primary N) is 2. The molecule has 0 aromatic carbocycles. The largest absolute Gasteiger partial charge is 0.398 e. The Morgan fingerprint density at radius 1 is 0.491 bits per heavy atom. The average Bonchev–Trinajstić information content (AvgIpc) is 1.52. The number of pyridine rings is 4. The molecule has 108 heavy (non-hydrogen) atoms. The molecule has 0 saturated heterocycles. The van der Waals surface area contributed by atoms with Crippen LogP contribution in [-0.2, 0) is 21.8 Å². The van der Waals surface area contributed by atoms with Crippen molar-refractivity contribution >= 4 is 137 Å². The molecule has 3 aliphatic heterocycles. The summed E-state index contributed by atoms with van der Waals surface area (Å²) in [6, 6.07) is 9.62. The number of H-pyrrole nitrogens is 1. The number of carbonyl (C=O) groups excluding carboxylic acids is 5. The molecule has 7 atom stereocenters. The summed E-state index contributed by atoms with van der Waals surface area (Å²) in [5.74, 6) is -9.92. The quantitative estimate of drug-likeness (QED) is 0.0742. The van der Waals surface area contributed by atoms with E-state index in [0.717, 1.165) is 13.7 Å². The number of hydrogen-bond donors (Lipinski definition) is 8. The normalized spacial score (nSPS) is 22.6. The van der Waals surface area contributed by atoms with E-state index in [9.17, 15) is 95.8 Å². The van der Waals surface area contributed by atoms with Crippen LogP contribution < -0.4 is 60.3 Å². The van der Waals surface area contributed by atoms with Crippen LogP contribution in [0, 0.1) is 23.7 Å². The fraction of sp³-hybridized carbons (Fsp3) is 0.422. The maximum atomic E-state index is 13.8. The highest BCUT2D eigenvalue weighted by Gasteiger charge is 2.63. The van der Waals surface area contributed by atoms with Crippen molar-refractivity contribution in [3.63, 3.8) is 0 Å². The van der Waals surface area contributed by atoms with Crippen LogP contribution in [0.4, 0.5) is 81.5 Å². The molecule has 4 aliphatic carbocycles. The van der Waals surface area contributed by atoms with Gasteiger partial charge in [-0.25, -0.2) is 29.9 Å². The van der Waals surface area contributed by atoms with Gasteiger partial charge in [0.15, 0.2) is 0 Å². The van der Waals surface area contributed by atoms with Crippen molar-refractivity contribution in [3.05, 3.63) is 173 Å². The Morgan fingerprint density at radius 2 is 0.861 bits per heavy atom. The molecule has 4 fully saturated rings. The highest BCUT2D eigenvalue weighted by atomic mass is 79.9. The van der Waals surface area contributed by atoms with Gasteiger partial charge in [-0.2, -0.15) is 52.7 Å². The van der Waals surface area contributed by atoms with Gasteiger partial charge in [-0.05, 0) is 145 Å². The second-order valence-corrected chi connectivity index (χ2v) is 28.5. The number of alkyl halides is 12. The van der Waals surface area contributed by atoms with E-state index < -0.39 is 117 Å². The molecule has 7 aliphatic rings. The number of halogens is 18. The van der Waals surface area contributed by atoms with Crippen molar-refractivity contribution in [3.8, 4) is 0 Å². The maximum Gasteiger partial charge on any atom is 0.398 e. The first kappa shape index (κ1) is 83.3. The zero-order valence-electron chi connectivity index (χ0n) is 55.3. The number of nitrogen functional groups attached to an aromatic ring is 1. The number of primary amides is 1. The van der Waals surface area contributed by atoms with Gasteiger partial charge < -0.3 is 43.0 Å². The van der Waals surface area contributed by atoms with Gasteiger partial charge in [-0.15, -0.1) is 0 Å². The van der Waals surface area contributed by atoms with E-state index in [1.165, 1.54) is 67.8 Å². The standard InChI is InChI=1S/2C17H15ClF3N5O2.C13H11BrClF3N2O2.C7H9F3O.C6H4BrClN2O2.C4H5N3/c2*18-9-7-10(24-12-4-6-22-8-23-12)15(28)26-13(9)14(27)25-16(26)5-2-1-3-11(16)17(19,20)21;14-6-5-7(15)9-10(21)19-12(20(9)11(6)22)4-2-1-3-8(12)13(16,17)18;8-7(9,10)5-3-1-2-4-6(5)11;7-2-1-3(8)4(5(9)11)10-6(2)12;5-4-1-2-6-3-7-4/h2*4,6-8,11H,1-3,5H2,(H,25,27)(H,22,23,24);5,8H,1-4H2,(H,19,21);5H,1-4H2;1H,(H2,9,11)(H,10,12);1-3H,(H2,5,6,7). The van der Waals surface area contributed by atoms with Crippen LogP contribution in [-0.4, -0.2) is 103 Å². The van der Waals surface area contributed by atoms with Gasteiger partial charge in [-0.3, -0.25) is 56.9 Å². The Bertz CT molecular complexity index is 4660. The third kappa shape index (κ3) is 17.8. The van der Waals surface area contributed by atoms with E-state index in [0.29, 0.717) is 57.2 Å². The molecular weight excluding hydrogens is 1680 g/mol. The number of anilines is 5. The van der Waals surface area contributed by atoms with Gasteiger partial charge in [0.05, 0.1) is 46.8 Å². The molecular formula is C64H59Br2Cl4F12N17O9. The van der Waals surface area contributed by atoms with Crippen molar-refractivity contribution in [2.75, 3.05) is 16.4 Å². The number of fused-ring (bicyclic) bond motifs is 6. The SMILES string of the molecule is NC(=O)c1[nH]c(=O)c(Br)cc1Cl.Nc1ccncn1.O=C1CCCCC1C(F)(F)F.O=C1NC2(CCCCC2C(F)(F)F)n2c1c(Cl)cc(Br)c2=O.O=C1NC2(CCCCC2C(F)(F)F)n2c1c(Cl)cc(Nc1ccncn1)c2=O.O=C1NC2(CCCCC2C(F)(F)F)n2c1c(Cl)cc(Nc1ccncn1)c2=O. The Balaban J connectivity index is 0.000000158. The van der Waals surface area contributed by atoms with Gasteiger partial charge >= 0.3 is 24.7 Å². The van der Waals surface area contributed by atoms with Gasteiger partial charge in [0.25, 0.3) is 45.9 Å². The molecule has 44 heteroatoms. The Kier molecular flexibility index (Phi) is 25.6. The lowest BCUT2D eigenvalue weighted by atomic mass is 9.78. The van der Waals surface area contributed by atoms with Crippen molar-refractivity contribution in [1.82, 2.24) is 64.5 Å². The van der Waals surface area contributed by atoms with E-state index in [1.54, 1.807) is 12.3 Å². The highest BCUT2D eigenvalue weighted by Crippen LogP contribution is 2.53. The van der Waals surface area contributed by atoms with Gasteiger partial charge in [-0.1, -0.05) is 72.1 Å². The summed E-state index contributed by atoms with van der Waals surface area (Å²) in [7, 11) is 0. The van der Waals surface area contributed by atoms with Gasteiger partial charge in [0, 0.05) is 25.0 Å². The highest BCUT2D eigenvalue weighted by molar-refractivity contribution is 9.10. The molecule has 3 spiro atoms. The smallest absolute Gasteiger partial charge is 0.384 e. The van der Waals surface area contributed by atoms with E-state index >= 15 is 0 Å². The van der Waals surface area contributed by atoms with E-state index in [4.69, 9.17) is 57.9 Å². The van der Waals surface area contributed by atoms with Crippen LogP contribution in [0.3, 0.4) is 0 Å². The predicted molar refractivity (Wildman–Crippen MR) is 374 cm³/mol. The minimum atomic E-state index is -4.59. The van der Waals surface area contributed by atoms with Crippen molar-refractivity contribution in [2.45, 2.75) is 144 Å². The fourth-order valence-electron chi connectivity index (χ4n) is 13.9. The topological polar surface area (TPSA) is 374 Å². The molecule has 10 heterocycles. The number of amides is 4. The number of carbonyl (C=O) groups is 5. The number of Topliss-reactive ketones (excluding diaryl/α,β-unsaturated/α-hetero) is 1. The molecule has 10 N–H and O–H groups in total. The van der Waals surface area contributed by atoms with Crippen LogP contribution in [0.2, 0.25) is 20.1 Å². The second kappa shape index (κ2) is 33.2. The average molecular weight is 1740 g/mol. The maximum absolute atomic E-state index is 13.8. The summed E-state index contributed by atoms with van der Waals surface area (Å²) in [5, 5.41) is 12.6. The molecule has 26 nitrogen and oxygen atoms in total. The monoisotopic (exact) mass is 1740 g/mol. The Labute approximate surface area is 637 Å². The van der Waals surface area contributed by atoms with Gasteiger partial charge in [0.2, 0.25) is 0 Å². The van der Waals surface area contributed by atoms with E-state index in [1.807, 2.05) is 0 Å². The number of rotatable bonds is 5. The van der Waals surface area contributed by atoms with E-state index in [2.05, 4.69) is 93.3 Å². The third-order valence-corrected chi connectivity index (χ3v) is 20.8. The zero-order chi connectivity index (χ0) is 79.4. The third-order valence-electron chi connectivity index (χ3n) is 18.5. The predicted octanol–water partition coefficient (Wildman–Crippen LogP) is 13.0. The summed E-state index contributed by atoms with van der Waals surface area (Å²) < 4.78 is 162. The first-order valence-electron chi connectivity index (χ1n) is 32.4. The van der Waals surface area contributed by atoms with Crippen molar-refractivity contribution < 1.29 is 76.7 Å². The number of aromatic nitrogens is 10. The Morgan fingerprint density at radius 3 is 1.19 bits per heavy atom. The lowest BCUT2D eigenvalue weighted by molar-refractivity contribution is -0.216. The number of nitrogens with zero attached hydrogens (tertiary/aromatic N) is 9. The minimum Gasteiger partial charge on any atom is -0.384 e. The zero-order valence-corrected chi connectivity index (χ0v) is 61.5. The van der Waals surface area contributed by atoms with Crippen LogP contribution in [0.5, 0.6) is 0 Å². The number of ketones is 1. The Hall–Kier alpha value is -8.73. The summed E-state index contributed by atoms with van der Waals surface area (Å²) >= 11 is 29.9. The molecule has 7 aromatic rings. The van der Waals surface area contributed by atoms with Crippen LogP contribution in [0.1, 0.15) is 145 Å². The molecule has 4 amide bonds. The molecule has 4 saturated carbocycles.